The zero-order chi connectivity index (χ0) is 10.5. The van der Waals surface area contributed by atoms with Crippen LogP contribution in [0.2, 0.25) is 0 Å². The van der Waals surface area contributed by atoms with E-state index in [1.165, 1.54) is 25.0 Å². The van der Waals surface area contributed by atoms with Gasteiger partial charge in [0.15, 0.2) is 0 Å². The lowest BCUT2D eigenvalue weighted by Crippen LogP contribution is -2.19. The minimum atomic E-state index is -0.176. The van der Waals surface area contributed by atoms with E-state index in [4.69, 9.17) is 0 Å². The van der Waals surface area contributed by atoms with Crippen molar-refractivity contribution in [2.24, 2.45) is 0 Å². The van der Waals surface area contributed by atoms with E-state index >= 15 is 0 Å². The molecule has 1 heterocycles. The van der Waals surface area contributed by atoms with Crippen molar-refractivity contribution in [3.63, 3.8) is 0 Å². The second-order valence-electron chi connectivity index (χ2n) is 3.98. The summed E-state index contributed by atoms with van der Waals surface area (Å²) in [7, 11) is 0. The van der Waals surface area contributed by atoms with E-state index in [0.29, 0.717) is 6.04 Å². The highest BCUT2D eigenvalue weighted by Crippen LogP contribution is 2.11. The maximum atomic E-state index is 12.6. The molecule has 0 aromatic heterocycles. The molecule has 1 aromatic carbocycles. The second-order valence-corrected chi connectivity index (χ2v) is 3.98. The Bertz CT molecular complexity index is 328. The Morgan fingerprint density at radius 2 is 2.06 bits per heavy atom. The molecule has 1 unspecified atom stereocenters. The quantitative estimate of drug-likeness (QED) is 0.855. The summed E-state index contributed by atoms with van der Waals surface area (Å²) in [6.07, 6.45) is 7.84. The average Bonchev–Trinajstić information content (AvgIpc) is 2.74. The van der Waals surface area contributed by atoms with E-state index in [-0.39, 0.29) is 18.2 Å². The summed E-state index contributed by atoms with van der Waals surface area (Å²) in [6, 6.07) is 7.23. The molecule has 0 aliphatic carbocycles. The summed E-state index contributed by atoms with van der Waals surface area (Å²) in [5.74, 6) is -0.176. The van der Waals surface area contributed by atoms with Crippen molar-refractivity contribution in [1.29, 1.82) is 0 Å². The second kappa shape index (κ2) is 6.66. The molecule has 1 aromatic rings. The van der Waals surface area contributed by atoms with Crippen LogP contribution in [0.25, 0.3) is 6.08 Å². The Balaban J connectivity index is 0.00000128. The first-order chi connectivity index (χ1) is 7.34. The largest absolute Gasteiger partial charge is 0.314 e. The fourth-order valence-corrected chi connectivity index (χ4v) is 1.90. The van der Waals surface area contributed by atoms with E-state index < -0.39 is 0 Å². The lowest BCUT2D eigenvalue weighted by Gasteiger charge is -2.04. The maximum absolute atomic E-state index is 12.6. The van der Waals surface area contributed by atoms with Gasteiger partial charge in [-0.05, 0) is 43.5 Å². The fourth-order valence-electron chi connectivity index (χ4n) is 1.90. The first-order valence-corrected chi connectivity index (χ1v) is 5.50. The molecule has 0 radical (unpaired) electrons. The number of halogens is 2. The molecule has 1 atom stereocenters. The SMILES string of the molecule is Cl.Fc1ccc(/C=C/CC2CCCN2)cc1. The van der Waals surface area contributed by atoms with Crippen molar-refractivity contribution in [3.05, 3.63) is 41.7 Å². The Labute approximate surface area is 102 Å². The first kappa shape index (κ1) is 13.2. The lowest BCUT2D eigenvalue weighted by molar-refractivity contribution is 0.615. The van der Waals surface area contributed by atoms with Crippen LogP contribution in [0.3, 0.4) is 0 Å². The van der Waals surface area contributed by atoms with E-state index in [2.05, 4.69) is 17.5 Å². The highest BCUT2D eigenvalue weighted by Gasteiger charge is 2.11. The fraction of sp³-hybridized carbons (Fsp3) is 0.385. The third-order valence-electron chi connectivity index (χ3n) is 2.76. The van der Waals surface area contributed by atoms with Crippen molar-refractivity contribution in [1.82, 2.24) is 5.32 Å². The minimum Gasteiger partial charge on any atom is -0.314 e. The third-order valence-corrected chi connectivity index (χ3v) is 2.76. The zero-order valence-corrected chi connectivity index (χ0v) is 9.97. The van der Waals surface area contributed by atoms with Crippen LogP contribution in [0.15, 0.2) is 30.3 Å². The molecule has 1 aliphatic rings. The Morgan fingerprint density at radius 3 is 2.69 bits per heavy atom. The van der Waals surface area contributed by atoms with Gasteiger partial charge >= 0.3 is 0 Å². The summed E-state index contributed by atoms with van der Waals surface area (Å²) in [4.78, 5) is 0. The van der Waals surface area contributed by atoms with E-state index in [0.717, 1.165) is 18.5 Å². The van der Waals surface area contributed by atoms with Crippen molar-refractivity contribution in [2.45, 2.75) is 25.3 Å². The molecule has 1 nitrogen and oxygen atoms in total. The summed E-state index contributed by atoms with van der Waals surface area (Å²) < 4.78 is 12.6. The van der Waals surface area contributed by atoms with Crippen LogP contribution in [0, 0.1) is 5.82 Å². The molecule has 16 heavy (non-hydrogen) atoms. The molecule has 0 saturated carbocycles. The maximum Gasteiger partial charge on any atom is 0.123 e. The normalized spacial score (nSPS) is 19.9. The van der Waals surface area contributed by atoms with Crippen molar-refractivity contribution in [2.75, 3.05) is 6.54 Å². The van der Waals surface area contributed by atoms with Crippen LogP contribution in [0.4, 0.5) is 4.39 Å². The van der Waals surface area contributed by atoms with Gasteiger partial charge in [0.2, 0.25) is 0 Å². The van der Waals surface area contributed by atoms with Gasteiger partial charge in [-0.25, -0.2) is 4.39 Å². The predicted octanol–water partition coefficient (Wildman–Crippen LogP) is 3.40. The van der Waals surface area contributed by atoms with Crippen molar-refractivity contribution < 1.29 is 4.39 Å². The molecule has 0 amide bonds. The third kappa shape index (κ3) is 3.95. The van der Waals surface area contributed by atoms with Crippen LogP contribution >= 0.6 is 12.4 Å². The molecule has 2 rings (SSSR count). The summed E-state index contributed by atoms with van der Waals surface area (Å²) in [5, 5.41) is 3.44. The van der Waals surface area contributed by atoms with Gasteiger partial charge in [-0.15, -0.1) is 12.4 Å². The Morgan fingerprint density at radius 1 is 1.31 bits per heavy atom. The number of hydrogen-bond acceptors (Lipinski definition) is 1. The van der Waals surface area contributed by atoms with Crippen LogP contribution in [-0.2, 0) is 0 Å². The topological polar surface area (TPSA) is 12.0 Å². The summed E-state index contributed by atoms with van der Waals surface area (Å²) >= 11 is 0. The van der Waals surface area contributed by atoms with Gasteiger partial charge in [-0.3, -0.25) is 0 Å². The number of benzene rings is 1. The van der Waals surface area contributed by atoms with E-state index in [9.17, 15) is 4.39 Å². The predicted molar refractivity (Wildman–Crippen MR) is 68.3 cm³/mol. The molecular weight excluding hydrogens is 225 g/mol. The molecule has 1 fully saturated rings. The monoisotopic (exact) mass is 241 g/mol. The van der Waals surface area contributed by atoms with Crippen LogP contribution in [0.1, 0.15) is 24.8 Å². The number of nitrogens with one attached hydrogen (secondary N) is 1. The van der Waals surface area contributed by atoms with Gasteiger partial charge in [-0.2, -0.15) is 0 Å². The van der Waals surface area contributed by atoms with E-state index in [1.54, 1.807) is 12.1 Å². The zero-order valence-electron chi connectivity index (χ0n) is 9.16. The number of hydrogen-bond donors (Lipinski definition) is 1. The van der Waals surface area contributed by atoms with Gasteiger partial charge in [0.05, 0.1) is 0 Å². The molecule has 0 bridgehead atoms. The van der Waals surface area contributed by atoms with Gasteiger partial charge in [-0.1, -0.05) is 24.3 Å². The molecular formula is C13H17ClFN. The smallest absolute Gasteiger partial charge is 0.123 e. The van der Waals surface area contributed by atoms with E-state index in [1.807, 2.05) is 0 Å². The Kier molecular flexibility index (Phi) is 5.50. The lowest BCUT2D eigenvalue weighted by atomic mass is 10.1. The minimum absolute atomic E-state index is 0. The first-order valence-electron chi connectivity index (χ1n) is 5.50. The van der Waals surface area contributed by atoms with Crippen molar-refractivity contribution in [3.8, 4) is 0 Å². The molecule has 1 N–H and O–H groups in total. The summed E-state index contributed by atoms with van der Waals surface area (Å²) in [6.45, 7) is 1.15. The van der Waals surface area contributed by atoms with Gasteiger partial charge in [0.25, 0.3) is 0 Å². The van der Waals surface area contributed by atoms with Gasteiger partial charge in [0, 0.05) is 6.04 Å². The molecule has 88 valence electrons. The molecule has 0 spiro atoms. The standard InChI is InChI=1S/C13H16FN.ClH/c14-12-8-6-11(7-9-12)3-1-4-13-5-2-10-15-13;/h1,3,6-9,13,15H,2,4-5,10H2;1H/b3-1+;. The molecule has 3 heteroatoms. The molecule has 1 aliphatic heterocycles. The number of rotatable bonds is 3. The molecule has 1 saturated heterocycles. The highest BCUT2D eigenvalue weighted by molar-refractivity contribution is 5.85. The van der Waals surface area contributed by atoms with Crippen molar-refractivity contribution >= 4 is 18.5 Å². The Hall–Kier alpha value is -0.860. The highest BCUT2D eigenvalue weighted by atomic mass is 35.5. The van der Waals surface area contributed by atoms with Crippen LogP contribution in [-0.4, -0.2) is 12.6 Å². The average molecular weight is 242 g/mol. The summed E-state index contributed by atoms with van der Waals surface area (Å²) in [5.41, 5.74) is 1.06. The van der Waals surface area contributed by atoms with Gasteiger partial charge in [0.1, 0.15) is 5.82 Å². The van der Waals surface area contributed by atoms with Gasteiger partial charge < -0.3 is 5.32 Å². The van der Waals surface area contributed by atoms with Crippen LogP contribution in [0.5, 0.6) is 0 Å². The van der Waals surface area contributed by atoms with Crippen LogP contribution < -0.4 is 5.32 Å².